The van der Waals surface area contributed by atoms with Gasteiger partial charge in [0.05, 0.1) is 12.6 Å². The van der Waals surface area contributed by atoms with Crippen LogP contribution in [0.5, 0.6) is 0 Å². The third-order valence-electron chi connectivity index (χ3n) is 3.80. The van der Waals surface area contributed by atoms with Crippen molar-refractivity contribution < 1.29 is 9.90 Å². The number of allylic oxidation sites excluding steroid dienone is 2. The SMILES string of the molecule is CCCCCC/C=C\CCCCCCCC(=O)C(N)CO. The Kier molecular flexibility index (Phi) is 15.2. The predicted octanol–water partition coefficient (Wildman–Crippen LogP) is 4.13. The molecule has 3 nitrogen and oxygen atoms in total. The van der Waals surface area contributed by atoms with E-state index < -0.39 is 6.04 Å². The Labute approximate surface area is 131 Å². The van der Waals surface area contributed by atoms with E-state index in [1.807, 2.05) is 0 Å². The summed E-state index contributed by atoms with van der Waals surface area (Å²) >= 11 is 0. The molecular formula is C18H35NO2. The van der Waals surface area contributed by atoms with Gasteiger partial charge in [-0.3, -0.25) is 4.79 Å². The zero-order valence-corrected chi connectivity index (χ0v) is 13.9. The van der Waals surface area contributed by atoms with Crippen molar-refractivity contribution in [2.24, 2.45) is 5.73 Å². The minimum atomic E-state index is -0.674. The number of nitrogens with two attached hydrogens (primary N) is 1. The molecule has 0 saturated heterocycles. The topological polar surface area (TPSA) is 63.3 Å². The molecule has 0 saturated carbocycles. The number of ketones is 1. The fourth-order valence-electron chi connectivity index (χ4n) is 2.30. The van der Waals surface area contributed by atoms with Gasteiger partial charge in [-0.05, 0) is 32.1 Å². The maximum Gasteiger partial charge on any atom is 0.151 e. The second kappa shape index (κ2) is 15.7. The Morgan fingerprint density at radius 3 is 2.05 bits per heavy atom. The minimum Gasteiger partial charge on any atom is -0.394 e. The van der Waals surface area contributed by atoms with Crippen LogP contribution < -0.4 is 5.73 Å². The summed E-state index contributed by atoms with van der Waals surface area (Å²) in [6.45, 7) is 2.01. The number of unbranched alkanes of at least 4 members (excludes halogenated alkanes) is 9. The number of hydrogen-bond donors (Lipinski definition) is 2. The van der Waals surface area contributed by atoms with E-state index >= 15 is 0 Å². The summed E-state index contributed by atoms with van der Waals surface area (Å²) in [4.78, 5) is 11.4. The molecule has 21 heavy (non-hydrogen) atoms. The van der Waals surface area contributed by atoms with Gasteiger partial charge in [-0.25, -0.2) is 0 Å². The van der Waals surface area contributed by atoms with Gasteiger partial charge in [0.15, 0.2) is 5.78 Å². The van der Waals surface area contributed by atoms with Crippen LogP contribution in [0.15, 0.2) is 12.2 Å². The van der Waals surface area contributed by atoms with Gasteiger partial charge in [0.2, 0.25) is 0 Å². The molecule has 0 radical (unpaired) electrons. The lowest BCUT2D eigenvalue weighted by Crippen LogP contribution is -2.33. The first-order valence-corrected chi connectivity index (χ1v) is 8.76. The summed E-state index contributed by atoms with van der Waals surface area (Å²) in [6.07, 6.45) is 18.6. The van der Waals surface area contributed by atoms with E-state index in [4.69, 9.17) is 10.8 Å². The fraction of sp³-hybridized carbons (Fsp3) is 0.833. The van der Waals surface area contributed by atoms with Crippen LogP contribution in [0.1, 0.15) is 84.0 Å². The van der Waals surface area contributed by atoms with Gasteiger partial charge in [0.1, 0.15) is 0 Å². The van der Waals surface area contributed by atoms with E-state index in [0.29, 0.717) is 6.42 Å². The molecule has 0 heterocycles. The summed E-state index contributed by atoms with van der Waals surface area (Å²) in [5.41, 5.74) is 5.46. The summed E-state index contributed by atoms with van der Waals surface area (Å²) in [7, 11) is 0. The van der Waals surface area contributed by atoms with Crippen LogP contribution in [0.25, 0.3) is 0 Å². The first kappa shape index (κ1) is 20.3. The fourth-order valence-corrected chi connectivity index (χ4v) is 2.30. The van der Waals surface area contributed by atoms with Crippen molar-refractivity contribution in [1.82, 2.24) is 0 Å². The van der Waals surface area contributed by atoms with Gasteiger partial charge in [-0.15, -0.1) is 0 Å². The number of aliphatic hydroxyl groups excluding tert-OH is 1. The van der Waals surface area contributed by atoms with Crippen molar-refractivity contribution in [3.63, 3.8) is 0 Å². The average molecular weight is 297 g/mol. The monoisotopic (exact) mass is 297 g/mol. The molecule has 0 bridgehead atoms. The lowest BCUT2D eigenvalue weighted by atomic mass is 10.0. The van der Waals surface area contributed by atoms with Crippen LogP contribution in [-0.4, -0.2) is 23.5 Å². The molecule has 124 valence electrons. The normalized spacial score (nSPS) is 12.9. The summed E-state index contributed by atoms with van der Waals surface area (Å²) in [5.74, 6) is -0.0106. The molecule has 0 spiro atoms. The number of carbonyl (C=O) groups excluding carboxylic acids is 1. The third-order valence-corrected chi connectivity index (χ3v) is 3.80. The summed E-state index contributed by atoms with van der Waals surface area (Å²) < 4.78 is 0. The second-order valence-electron chi connectivity index (χ2n) is 5.88. The Bertz CT molecular complexity index is 264. The largest absolute Gasteiger partial charge is 0.394 e. The van der Waals surface area contributed by atoms with Crippen LogP contribution in [0.2, 0.25) is 0 Å². The van der Waals surface area contributed by atoms with Crippen LogP contribution in [-0.2, 0) is 4.79 Å². The average Bonchev–Trinajstić information content (AvgIpc) is 2.50. The van der Waals surface area contributed by atoms with Crippen LogP contribution in [0.3, 0.4) is 0 Å². The minimum absolute atomic E-state index is 0.0106. The molecule has 0 aliphatic rings. The smallest absolute Gasteiger partial charge is 0.151 e. The third kappa shape index (κ3) is 14.0. The van der Waals surface area contributed by atoms with Crippen molar-refractivity contribution in [3.8, 4) is 0 Å². The van der Waals surface area contributed by atoms with Crippen molar-refractivity contribution in [2.45, 2.75) is 90.0 Å². The van der Waals surface area contributed by atoms with E-state index in [9.17, 15) is 4.79 Å². The van der Waals surface area contributed by atoms with Gasteiger partial charge in [-0.2, -0.15) is 0 Å². The van der Waals surface area contributed by atoms with Crippen molar-refractivity contribution in [2.75, 3.05) is 6.61 Å². The highest BCUT2D eigenvalue weighted by atomic mass is 16.3. The van der Waals surface area contributed by atoms with Gasteiger partial charge < -0.3 is 10.8 Å². The highest BCUT2D eigenvalue weighted by molar-refractivity contribution is 5.83. The van der Waals surface area contributed by atoms with Gasteiger partial charge >= 0.3 is 0 Å². The zero-order valence-electron chi connectivity index (χ0n) is 13.9. The molecule has 0 aromatic carbocycles. The first-order valence-electron chi connectivity index (χ1n) is 8.76. The molecular weight excluding hydrogens is 262 g/mol. The molecule has 0 rings (SSSR count). The van der Waals surface area contributed by atoms with Crippen molar-refractivity contribution >= 4 is 5.78 Å². The predicted molar refractivity (Wildman–Crippen MR) is 90.3 cm³/mol. The number of rotatable bonds is 15. The number of carbonyl (C=O) groups is 1. The van der Waals surface area contributed by atoms with Crippen molar-refractivity contribution in [3.05, 3.63) is 12.2 Å². The molecule has 3 heteroatoms. The standard InChI is InChI=1S/C18H35NO2/c1-2-3-4-5-6-7-8-9-10-11-12-13-14-15-18(21)17(19)16-20/h7-8,17,20H,2-6,9-16,19H2,1H3/b8-7-. The maximum absolute atomic E-state index is 11.4. The van der Waals surface area contributed by atoms with Crippen molar-refractivity contribution in [1.29, 1.82) is 0 Å². The van der Waals surface area contributed by atoms with Crippen LogP contribution in [0.4, 0.5) is 0 Å². The molecule has 0 fully saturated rings. The van der Waals surface area contributed by atoms with E-state index in [1.165, 1.54) is 57.8 Å². The highest BCUT2D eigenvalue weighted by Gasteiger charge is 2.10. The Morgan fingerprint density at radius 2 is 1.48 bits per heavy atom. The first-order chi connectivity index (χ1) is 10.2. The van der Waals surface area contributed by atoms with E-state index in [0.717, 1.165) is 12.8 Å². The Morgan fingerprint density at radius 1 is 0.952 bits per heavy atom. The molecule has 0 amide bonds. The quantitative estimate of drug-likeness (QED) is 0.353. The molecule has 0 aliphatic heterocycles. The lowest BCUT2D eigenvalue weighted by molar-refractivity contribution is -0.121. The number of hydrogen-bond acceptors (Lipinski definition) is 3. The number of aliphatic hydroxyl groups is 1. The molecule has 0 aromatic heterocycles. The van der Waals surface area contributed by atoms with Crippen LogP contribution >= 0.6 is 0 Å². The highest BCUT2D eigenvalue weighted by Crippen LogP contribution is 2.09. The summed E-state index contributed by atoms with van der Waals surface area (Å²) in [6, 6.07) is -0.674. The molecule has 3 N–H and O–H groups in total. The molecule has 1 unspecified atom stereocenters. The Hall–Kier alpha value is -0.670. The summed E-state index contributed by atoms with van der Waals surface area (Å²) in [5, 5.41) is 8.76. The lowest BCUT2D eigenvalue weighted by Gasteiger charge is -2.06. The number of Topliss-reactive ketones (excluding diaryl/α,β-unsaturated/α-hetero) is 1. The maximum atomic E-state index is 11.4. The van der Waals surface area contributed by atoms with E-state index in [2.05, 4.69) is 19.1 Å². The van der Waals surface area contributed by atoms with Gasteiger partial charge in [0.25, 0.3) is 0 Å². The second-order valence-corrected chi connectivity index (χ2v) is 5.88. The van der Waals surface area contributed by atoms with Crippen LogP contribution in [0, 0.1) is 0 Å². The molecule has 0 aliphatic carbocycles. The Balaban J connectivity index is 3.22. The molecule has 1 atom stereocenters. The molecule has 0 aromatic rings. The van der Waals surface area contributed by atoms with Gasteiger partial charge in [0, 0.05) is 6.42 Å². The van der Waals surface area contributed by atoms with E-state index in [-0.39, 0.29) is 12.4 Å². The zero-order chi connectivity index (χ0) is 15.8. The van der Waals surface area contributed by atoms with Gasteiger partial charge in [-0.1, -0.05) is 57.6 Å². The van der Waals surface area contributed by atoms with E-state index in [1.54, 1.807) is 0 Å².